The summed E-state index contributed by atoms with van der Waals surface area (Å²) >= 11 is 3.42. The summed E-state index contributed by atoms with van der Waals surface area (Å²) in [7, 11) is 0. The number of aliphatic hydroxyl groups is 2. The molecular formula is C8H19NO4S. The molecule has 2 atom stereocenters. The lowest BCUT2D eigenvalue weighted by Gasteiger charge is -2.07. The Kier molecular flexibility index (Phi) is 12.4. The SMILES string of the molecule is CC(O)CNCC(C)O.O=C(O)CS. The maximum Gasteiger partial charge on any atom is 0.313 e. The van der Waals surface area contributed by atoms with Crippen molar-refractivity contribution in [2.75, 3.05) is 18.8 Å². The van der Waals surface area contributed by atoms with E-state index in [1.54, 1.807) is 13.8 Å². The highest BCUT2D eigenvalue weighted by Gasteiger charge is 1.96. The Hall–Kier alpha value is -0.300. The maximum atomic E-state index is 9.29. The Labute approximate surface area is 89.5 Å². The lowest BCUT2D eigenvalue weighted by atomic mass is 10.3. The molecule has 0 aliphatic heterocycles. The first-order valence-electron chi connectivity index (χ1n) is 4.29. The van der Waals surface area contributed by atoms with Crippen molar-refractivity contribution in [1.29, 1.82) is 0 Å². The largest absolute Gasteiger partial charge is 0.481 e. The second kappa shape index (κ2) is 10.8. The first-order valence-corrected chi connectivity index (χ1v) is 4.92. The molecule has 4 N–H and O–H groups in total. The molecular weight excluding hydrogens is 206 g/mol. The number of aliphatic carboxylic acids is 1. The molecule has 0 bridgehead atoms. The zero-order chi connectivity index (χ0) is 11.6. The van der Waals surface area contributed by atoms with Gasteiger partial charge in [0.2, 0.25) is 0 Å². The number of nitrogens with one attached hydrogen (secondary N) is 1. The van der Waals surface area contributed by atoms with Crippen LogP contribution in [0.3, 0.4) is 0 Å². The van der Waals surface area contributed by atoms with Crippen molar-refractivity contribution in [3.63, 3.8) is 0 Å². The highest BCUT2D eigenvalue weighted by molar-refractivity contribution is 7.81. The van der Waals surface area contributed by atoms with E-state index in [9.17, 15) is 4.79 Å². The summed E-state index contributed by atoms with van der Waals surface area (Å²) in [5, 5.41) is 28.0. The van der Waals surface area contributed by atoms with E-state index in [1.165, 1.54) is 0 Å². The molecule has 0 amide bonds. The Balaban J connectivity index is 0. The van der Waals surface area contributed by atoms with Crippen LogP contribution >= 0.6 is 12.6 Å². The normalized spacial score (nSPS) is 13.8. The zero-order valence-electron chi connectivity index (χ0n) is 8.47. The Bertz CT molecular complexity index is 133. The van der Waals surface area contributed by atoms with Crippen molar-refractivity contribution >= 4 is 18.6 Å². The minimum Gasteiger partial charge on any atom is -0.481 e. The van der Waals surface area contributed by atoms with Gasteiger partial charge in [-0.1, -0.05) is 0 Å². The van der Waals surface area contributed by atoms with Crippen LogP contribution in [0.25, 0.3) is 0 Å². The number of hydrogen-bond donors (Lipinski definition) is 5. The number of aliphatic hydroxyl groups excluding tert-OH is 2. The van der Waals surface area contributed by atoms with Crippen molar-refractivity contribution in [3.8, 4) is 0 Å². The monoisotopic (exact) mass is 225 g/mol. The standard InChI is InChI=1S/C6H15NO2.C2H4O2S/c1-5(8)3-7-4-6(2)9;3-2(4)1-5/h5-9H,3-4H2,1-2H3;5H,1H2,(H,3,4). The van der Waals surface area contributed by atoms with E-state index in [4.69, 9.17) is 15.3 Å². The van der Waals surface area contributed by atoms with Crippen LogP contribution in [0, 0.1) is 0 Å². The van der Waals surface area contributed by atoms with Crippen LogP contribution in [-0.2, 0) is 4.79 Å². The van der Waals surface area contributed by atoms with Crippen LogP contribution in [0.1, 0.15) is 13.8 Å². The molecule has 0 fully saturated rings. The van der Waals surface area contributed by atoms with Gasteiger partial charge >= 0.3 is 5.97 Å². The molecule has 0 radical (unpaired) electrons. The maximum absolute atomic E-state index is 9.29. The molecule has 0 aliphatic carbocycles. The highest BCUT2D eigenvalue weighted by atomic mass is 32.1. The Morgan fingerprint density at radius 3 is 1.71 bits per heavy atom. The van der Waals surface area contributed by atoms with Crippen LogP contribution in [-0.4, -0.2) is 52.3 Å². The molecule has 0 rings (SSSR count). The summed E-state index contributed by atoms with van der Waals surface area (Å²) in [6, 6.07) is 0. The molecule has 0 aromatic heterocycles. The fraction of sp³-hybridized carbons (Fsp3) is 0.875. The fourth-order valence-corrected chi connectivity index (χ4v) is 0.501. The van der Waals surface area contributed by atoms with Gasteiger partial charge < -0.3 is 20.6 Å². The van der Waals surface area contributed by atoms with E-state index in [-0.39, 0.29) is 18.0 Å². The molecule has 6 heteroatoms. The van der Waals surface area contributed by atoms with Gasteiger partial charge in [0.05, 0.1) is 18.0 Å². The smallest absolute Gasteiger partial charge is 0.313 e. The summed E-state index contributed by atoms with van der Waals surface area (Å²) in [6.07, 6.45) is -0.660. The van der Waals surface area contributed by atoms with Gasteiger partial charge in [0.1, 0.15) is 0 Å². The van der Waals surface area contributed by atoms with E-state index < -0.39 is 5.97 Å². The predicted molar refractivity (Wildman–Crippen MR) is 57.7 cm³/mol. The molecule has 5 nitrogen and oxygen atoms in total. The van der Waals surface area contributed by atoms with E-state index >= 15 is 0 Å². The van der Waals surface area contributed by atoms with E-state index in [0.29, 0.717) is 13.1 Å². The van der Waals surface area contributed by atoms with E-state index in [0.717, 1.165) is 0 Å². The summed E-state index contributed by atoms with van der Waals surface area (Å²) in [5.74, 6) is -0.965. The fourth-order valence-electron chi connectivity index (χ4n) is 0.501. The van der Waals surface area contributed by atoms with Crippen molar-refractivity contribution in [2.45, 2.75) is 26.1 Å². The van der Waals surface area contributed by atoms with Gasteiger partial charge in [-0.2, -0.15) is 12.6 Å². The number of carboxylic acid groups (broad SMARTS) is 1. The third-order valence-electron chi connectivity index (χ3n) is 1.01. The Morgan fingerprint density at radius 1 is 1.29 bits per heavy atom. The van der Waals surface area contributed by atoms with E-state index in [1.807, 2.05) is 0 Å². The number of hydrogen-bond acceptors (Lipinski definition) is 5. The van der Waals surface area contributed by atoms with Gasteiger partial charge in [0, 0.05) is 13.1 Å². The lowest BCUT2D eigenvalue weighted by Crippen LogP contribution is -2.30. The minimum absolute atomic E-state index is 0.0833. The summed E-state index contributed by atoms with van der Waals surface area (Å²) < 4.78 is 0. The van der Waals surface area contributed by atoms with Gasteiger partial charge in [0.25, 0.3) is 0 Å². The van der Waals surface area contributed by atoms with Crippen LogP contribution in [0.15, 0.2) is 0 Å². The Morgan fingerprint density at radius 2 is 1.57 bits per heavy atom. The molecule has 0 aromatic rings. The summed E-state index contributed by atoms with van der Waals surface area (Å²) in [4.78, 5) is 9.29. The molecule has 14 heavy (non-hydrogen) atoms. The van der Waals surface area contributed by atoms with Gasteiger partial charge in [-0.05, 0) is 13.8 Å². The van der Waals surface area contributed by atoms with Crippen molar-refractivity contribution < 1.29 is 20.1 Å². The van der Waals surface area contributed by atoms with Gasteiger partial charge in [-0.25, -0.2) is 0 Å². The average molecular weight is 225 g/mol. The van der Waals surface area contributed by atoms with Gasteiger partial charge in [-0.15, -0.1) is 0 Å². The topological polar surface area (TPSA) is 89.8 Å². The van der Waals surface area contributed by atoms with Crippen molar-refractivity contribution in [1.82, 2.24) is 5.32 Å². The van der Waals surface area contributed by atoms with Crippen molar-refractivity contribution in [2.24, 2.45) is 0 Å². The third kappa shape index (κ3) is 22.6. The quantitative estimate of drug-likeness (QED) is 0.401. The molecule has 0 aliphatic rings. The van der Waals surface area contributed by atoms with Crippen molar-refractivity contribution in [3.05, 3.63) is 0 Å². The van der Waals surface area contributed by atoms with Crippen LogP contribution in [0.4, 0.5) is 0 Å². The lowest BCUT2D eigenvalue weighted by molar-refractivity contribution is -0.133. The molecule has 0 aromatic carbocycles. The molecule has 0 spiro atoms. The highest BCUT2D eigenvalue weighted by Crippen LogP contribution is 1.77. The molecule has 2 unspecified atom stereocenters. The van der Waals surface area contributed by atoms with E-state index in [2.05, 4.69) is 17.9 Å². The number of thiol groups is 1. The van der Waals surface area contributed by atoms with Gasteiger partial charge in [-0.3, -0.25) is 4.79 Å². The number of rotatable bonds is 5. The first kappa shape index (κ1) is 16.1. The minimum atomic E-state index is -0.881. The molecule has 0 saturated carbocycles. The zero-order valence-corrected chi connectivity index (χ0v) is 9.37. The number of carbonyl (C=O) groups is 1. The van der Waals surface area contributed by atoms with Crippen LogP contribution < -0.4 is 5.32 Å². The second-order valence-corrected chi connectivity index (χ2v) is 3.22. The predicted octanol–water partition coefficient (Wildman–Crippen LogP) is -0.662. The molecule has 0 heterocycles. The van der Waals surface area contributed by atoms with Crippen LogP contribution in [0.5, 0.6) is 0 Å². The molecule has 0 saturated heterocycles. The third-order valence-corrected chi connectivity index (χ3v) is 1.29. The molecule has 86 valence electrons. The summed E-state index contributed by atoms with van der Waals surface area (Å²) in [6.45, 7) is 4.50. The second-order valence-electron chi connectivity index (χ2n) is 2.91. The average Bonchev–Trinajstić information content (AvgIpc) is 2.04. The first-order chi connectivity index (χ1) is 6.40. The van der Waals surface area contributed by atoms with Crippen LogP contribution in [0.2, 0.25) is 0 Å². The van der Waals surface area contributed by atoms with Gasteiger partial charge in [0.15, 0.2) is 0 Å². The summed E-state index contributed by atoms with van der Waals surface area (Å²) in [5.41, 5.74) is 0. The number of carboxylic acids is 1.